The summed E-state index contributed by atoms with van der Waals surface area (Å²) in [7, 11) is 0. The van der Waals surface area contributed by atoms with Crippen molar-refractivity contribution in [1.82, 2.24) is 4.98 Å². The standard InChI is InChI=1S/C19H20FNO2/c1-2-3-4-14-12-22-19(23-13-14)16-7-10-18(21-11-16)15-5-8-17(20)9-6-15/h3-11,14,19H,2,12-13H2,1H3/t14-,19-. The second kappa shape index (κ2) is 7.49. The Morgan fingerprint density at radius 3 is 2.48 bits per heavy atom. The minimum atomic E-state index is -0.365. The molecule has 0 aliphatic carbocycles. The molecular formula is C19H20FNO2. The molecule has 2 aromatic rings. The average Bonchev–Trinajstić information content (AvgIpc) is 2.61. The van der Waals surface area contributed by atoms with Gasteiger partial charge >= 0.3 is 0 Å². The molecule has 0 N–H and O–H groups in total. The average molecular weight is 313 g/mol. The Balaban J connectivity index is 1.64. The summed E-state index contributed by atoms with van der Waals surface area (Å²) in [6, 6.07) is 10.1. The lowest BCUT2D eigenvalue weighted by molar-refractivity contribution is -0.197. The quantitative estimate of drug-likeness (QED) is 0.778. The van der Waals surface area contributed by atoms with Gasteiger partial charge in [0, 0.05) is 23.2 Å². The minimum absolute atomic E-state index is 0.249. The molecular weight excluding hydrogens is 293 g/mol. The van der Waals surface area contributed by atoms with Crippen LogP contribution >= 0.6 is 0 Å². The van der Waals surface area contributed by atoms with Gasteiger partial charge in [-0.15, -0.1) is 0 Å². The van der Waals surface area contributed by atoms with Crippen LogP contribution in [0.2, 0.25) is 0 Å². The fourth-order valence-corrected chi connectivity index (χ4v) is 2.49. The van der Waals surface area contributed by atoms with Crippen molar-refractivity contribution in [2.75, 3.05) is 13.2 Å². The van der Waals surface area contributed by atoms with E-state index in [0.717, 1.165) is 23.2 Å². The summed E-state index contributed by atoms with van der Waals surface area (Å²) in [5, 5.41) is 0. The van der Waals surface area contributed by atoms with Crippen molar-refractivity contribution in [2.45, 2.75) is 19.6 Å². The van der Waals surface area contributed by atoms with E-state index in [9.17, 15) is 4.39 Å². The lowest BCUT2D eigenvalue weighted by atomic mass is 10.1. The van der Waals surface area contributed by atoms with Gasteiger partial charge in [-0.2, -0.15) is 0 Å². The van der Waals surface area contributed by atoms with Crippen molar-refractivity contribution >= 4 is 0 Å². The first-order valence-electron chi connectivity index (χ1n) is 7.88. The van der Waals surface area contributed by atoms with Crippen LogP contribution in [0.1, 0.15) is 25.2 Å². The number of aromatic nitrogens is 1. The normalized spacial score (nSPS) is 21.7. The summed E-state index contributed by atoms with van der Waals surface area (Å²) >= 11 is 0. The summed E-state index contributed by atoms with van der Waals surface area (Å²) in [5.41, 5.74) is 2.58. The van der Waals surface area contributed by atoms with Crippen LogP contribution in [0.4, 0.5) is 4.39 Å². The third-order valence-corrected chi connectivity index (χ3v) is 3.77. The smallest absolute Gasteiger partial charge is 0.185 e. The van der Waals surface area contributed by atoms with Crippen LogP contribution in [-0.2, 0) is 9.47 Å². The zero-order valence-electron chi connectivity index (χ0n) is 13.1. The van der Waals surface area contributed by atoms with Gasteiger partial charge in [-0.3, -0.25) is 4.98 Å². The van der Waals surface area contributed by atoms with Crippen molar-refractivity contribution < 1.29 is 13.9 Å². The van der Waals surface area contributed by atoms with E-state index in [1.165, 1.54) is 12.1 Å². The van der Waals surface area contributed by atoms with Gasteiger partial charge < -0.3 is 9.47 Å². The number of benzene rings is 1. The van der Waals surface area contributed by atoms with Crippen LogP contribution in [0.15, 0.2) is 54.7 Å². The van der Waals surface area contributed by atoms with E-state index in [1.54, 1.807) is 18.3 Å². The van der Waals surface area contributed by atoms with Crippen molar-refractivity contribution in [2.24, 2.45) is 5.92 Å². The molecule has 2 heterocycles. The van der Waals surface area contributed by atoms with Gasteiger partial charge in [-0.1, -0.05) is 25.1 Å². The highest BCUT2D eigenvalue weighted by atomic mass is 19.1. The molecule has 1 aromatic heterocycles. The molecule has 1 aliphatic rings. The van der Waals surface area contributed by atoms with Crippen molar-refractivity contribution in [3.63, 3.8) is 0 Å². The second-order valence-electron chi connectivity index (χ2n) is 5.58. The fraction of sp³-hybridized carbons (Fsp3) is 0.316. The zero-order valence-corrected chi connectivity index (χ0v) is 13.1. The van der Waals surface area contributed by atoms with Gasteiger partial charge in [-0.25, -0.2) is 4.39 Å². The van der Waals surface area contributed by atoms with Crippen LogP contribution < -0.4 is 0 Å². The number of pyridine rings is 1. The van der Waals surface area contributed by atoms with Gasteiger partial charge in [0.15, 0.2) is 6.29 Å². The molecule has 23 heavy (non-hydrogen) atoms. The molecule has 1 saturated heterocycles. The molecule has 1 fully saturated rings. The first-order valence-corrected chi connectivity index (χ1v) is 7.88. The number of rotatable bonds is 4. The van der Waals surface area contributed by atoms with Crippen LogP contribution in [0.5, 0.6) is 0 Å². The molecule has 0 atom stereocenters. The monoisotopic (exact) mass is 313 g/mol. The summed E-state index contributed by atoms with van der Waals surface area (Å²) in [6.45, 7) is 3.42. The number of halogens is 1. The first kappa shape index (κ1) is 15.8. The first-order chi connectivity index (χ1) is 11.3. The molecule has 0 saturated carbocycles. The van der Waals surface area contributed by atoms with Crippen molar-refractivity contribution in [1.29, 1.82) is 0 Å². The summed E-state index contributed by atoms with van der Waals surface area (Å²) in [5.74, 6) is 0.0682. The molecule has 4 heteroatoms. The molecule has 3 nitrogen and oxygen atoms in total. The van der Waals surface area contributed by atoms with E-state index in [-0.39, 0.29) is 12.1 Å². The Kier molecular flexibility index (Phi) is 5.16. The van der Waals surface area contributed by atoms with Crippen LogP contribution in [-0.4, -0.2) is 18.2 Å². The number of hydrogen-bond donors (Lipinski definition) is 0. The van der Waals surface area contributed by atoms with Crippen LogP contribution in [0.25, 0.3) is 11.3 Å². The molecule has 0 spiro atoms. The van der Waals surface area contributed by atoms with Gasteiger partial charge in [-0.05, 0) is 36.8 Å². The van der Waals surface area contributed by atoms with Gasteiger partial charge in [0.1, 0.15) is 5.82 Å². The molecule has 0 bridgehead atoms. The van der Waals surface area contributed by atoms with Gasteiger partial charge in [0.25, 0.3) is 0 Å². The van der Waals surface area contributed by atoms with E-state index >= 15 is 0 Å². The minimum Gasteiger partial charge on any atom is -0.348 e. The Labute approximate surface area is 135 Å². The maximum Gasteiger partial charge on any atom is 0.185 e. The number of ether oxygens (including phenoxy) is 2. The van der Waals surface area contributed by atoms with Gasteiger partial charge in [0.2, 0.25) is 0 Å². The van der Waals surface area contributed by atoms with E-state index < -0.39 is 0 Å². The van der Waals surface area contributed by atoms with E-state index in [4.69, 9.17) is 9.47 Å². The fourth-order valence-electron chi connectivity index (χ4n) is 2.49. The second-order valence-corrected chi connectivity index (χ2v) is 5.58. The van der Waals surface area contributed by atoms with Crippen molar-refractivity contribution in [3.05, 3.63) is 66.1 Å². The summed E-state index contributed by atoms with van der Waals surface area (Å²) in [4.78, 5) is 4.43. The van der Waals surface area contributed by atoms with Crippen molar-refractivity contribution in [3.8, 4) is 11.3 Å². The van der Waals surface area contributed by atoms with E-state index in [0.29, 0.717) is 19.1 Å². The third kappa shape index (κ3) is 4.03. The lowest BCUT2D eigenvalue weighted by Crippen LogP contribution is -2.25. The summed E-state index contributed by atoms with van der Waals surface area (Å²) < 4.78 is 24.5. The Hall–Kier alpha value is -2.04. The van der Waals surface area contributed by atoms with E-state index in [2.05, 4.69) is 24.1 Å². The predicted molar refractivity (Wildman–Crippen MR) is 87.2 cm³/mol. The highest BCUT2D eigenvalue weighted by Gasteiger charge is 2.22. The molecule has 0 amide bonds. The zero-order chi connectivity index (χ0) is 16.1. The lowest BCUT2D eigenvalue weighted by Gasteiger charge is -2.28. The third-order valence-electron chi connectivity index (χ3n) is 3.77. The van der Waals surface area contributed by atoms with E-state index in [1.807, 2.05) is 12.1 Å². The molecule has 1 aromatic carbocycles. The number of nitrogens with zero attached hydrogens (tertiary/aromatic N) is 1. The SMILES string of the molecule is CCC=C[C@H]1CO[C@H](c2ccc(-c3ccc(F)cc3)nc2)OC1. The summed E-state index contributed by atoms with van der Waals surface area (Å²) in [6.07, 6.45) is 6.69. The highest BCUT2D eigenvalue weighted by Crippen LogP contribution is 2.26. The van der Waals surface area contributed by atoms with Gasteiger partial charge in [0.05, 0.1) is 18.9 Å². The predicted octanol–water partition coefficient (Wildman–Crippen LogP) is 4.52. The Morgan fingerprint density at radius 1 is 1.13 bits per heavy atom. The number of allylic oxidation sites excluding steroid dienone is 1. The largest absolute Gasteiger partial charge is 0.348 e. The van der Waals surface area contributed by atoms with Crippen LogP contribution in [0, 0.1) is 11.7 Å². The molecule has 0 radical (unpaired) electrons. The molecule has 0 unspecified atom stereocenters. The highest BCUT2D eigenvalue weighted by molar-refractivity contribution is 5.58. The Bertz CT molecular complexity index is 644. The molecule has 120 valence electrons. The molecule has 3 rings (SSSR count). The Morgan fingerprint density at radius 2 is 1.87 bits per heavy atom. The maximum atomic E-state index is 13.0. The molecule has 1 aliphatic heterocycles. The topological polar surface area (TPSA) is 31.4 Å². The maximum absolute atomic E-state index is 13.0. The van der Waals surface area contributed by atoms with Crippen LogP contribution in [0.3, 0.4) is 0 Å². The number of hydrogen-bond acceptors (Lipinski definition) is 3.